The van der Waals surface area contributed by atoms with Crippen molar-refractivity contribution in [2.75, 3.05) is 0 Å². The molecule has 0 fully saturated rings. The Morgan fingerprint density at radius 1 is 0.378 bits per heavy atom. The summed E-state index contributed by atoms with van der Waals surface area (Å²) in [6.07, 6.45) is 39.5. The molecule has 0 unspecified atom stereocenters. The number of unbranched alkanes of at least 4 members (excludes halogenated alkanes) is 26. The quantitative estimate of drug-likeness (QED) is 0.0622. The average Bonchev–Trinajstić information content (AvgIpc) is 2.87. The zero-order valence-corrected chi connectivity index (χ0v) is 25.8. The van der Waals surface area contributed by atoms with Gasteiger partial charge in [0.05, 0.1) is 0 Å². The van der Waals surface area contributed by atoms with E-state index in [2.05, 4.69) is 13.8 Å². The summed E-state index contributed by atoms with van der Waals surface area (Å²) < 4.78 is 0. The molecule has 0 amide bonds. The fraction of sp³-hybridized carbons (Fsp3) is 1.00. The van der Waals surface area contributed by atoms with E-state index in [1.807, 2.05) is 0 Å². The lowest BCUT2D eigenvalue weighted by Crippen LogP contribution is -2.47. The van der Waals surface area contributed by atoms with Gasteiger partial charge in [0.25, 0.3) is 0 Å². The number of hydrogen-bond acceptors (Lipinski definition) is 3. The highest BCUT2D eigenvalue weighted by molar-refractivity contribution is 4.70. The largest absolute Gasteiger partial charge is 0.353 e. The second-order valence-corrected chi connectivity index (χ2v) is 12.2. The van der Waals surface area contributed by atoms with E-state index in [9.17, 15) is 10.2 Å². The number of rotatable bonds is 31. The highest BCUT2D eigenvalue weighted by Crippen LogP contribution is 2.25. The molecule has 0 aromatic rings. The monoisotopic (exact) mass is 526 g/mol. The van der Waals surface area contributed by atoms with Gasteiger partial charge >= 0.3 is 0 Å². The fourth-order valence-corrected chi connectivity index (χ4v) is 5.74. The number of hydrogen-bond donors (Lipinski definition) is 3. The van der Waals surface area contributed by atoms with Crippen LogP contribution in [0.4, 0.5) is 0 Å². The van der Waals surface area contributed by atoms with E-state index in [0.717, 1.165) is 25.7 Å². The van der Waals surface area contributed by atoms with Crippen molar-refractivity contribution >= 4 is 0 Å². The Hall–Kier alpha value is -0.120. The van der Waals surface area contributed by atoms with E-state index in [1.54, 1.807) is 0 Å². The topological polar surface area (TPSA) is 66.5 Å². The zero-order valence-electron chi connectivity index (χ0n) is 25.8. The second kappa shape index (κ2) is 28.9. The van der Waals surface area contributed by atoms with Gasteiger partial charge in [0.2, 0.25) is 5.91 Å². The van der Waals surface area contributed by atoms with Crippen molar-refractivity contribution in [2.24, 2.45) is 11.7 Å². The van der Waals surface area contributed by atoms with Crippen LogP contribution in [0.25, 0.3) is 0 Å². The van der Waals surface area contributed by atoms with E-state index < -0.39 is 5.91 Å². The first kappa shape index (κ1) is 36.9. The Labute approximate surface area is 234 Å². The molecule has 4 N–H and O–H groups in total. The third-order valence-electron chi connectivity index (χ3n) is 8.41. The van der Waals surface area contributed by atoms with Gasteiger partial charge in [-0.2, -0.15) is 0 Å². The normalized spacial score (nSPS) is 12.2. The fourth-order valence-electron chi connectivity index (χ4n) is 5.74. The molecule has 0 radical (unpaired) electrons. The Bertz CT molecular complexity index is 389. The van der Waals surface area contributed by atoms with Crippen molar-refractivity contribution in [3.63, 3.8) is 0 Å². The summed E-state index contributed by atoms with van der Waals surface area (Å²) in [6.45, 7) is 4.56. The van der Waals surface area contributed by atoms with Crippen LogP contribution >= 0.6 is 0 Å². The molecule has 0 spiro atoms. The minimum absolute atomic E-state index is 0.179. The van der Waals surface area contributed by atoms with Crippen LogP contribution < -0.4 is 5.73 Å². The Kier molecular flexibility index (Phi) is 28.8. The molecule has 0 aromatic carbocycles. The molecule has 0 heterocycles. The molecule has 37 heavy (non-hydrogen) atoms. The summed E-state index contributed by atoms with van der Waals surface area (Å²) in [6, 6.07) is 0. The molecule has 0 bridgehead atoms. The smallest absolute Gasteiger partial charge is 0.222 e. The predicted octanol–water partition coefficient (Wildman–Crippen LogP) is 10.9. The van der Waals surface area contributed by atoms with E-state index in [0.29, 0.717) is 0 Å². The van der Waals surface area contributed by atoms with Crippen molar-refractivity contribution in [1.82, 2.24) is 0 Å². The summed E-state index contributed by atoms with van der Waals surface area (Å²) in [5.41, 5.74) is 5.70. The van der Waals surface area contributed by atoms with E-state index in [-0.39, 0.29) is 5.92 Å². The van der Waals surface area contributed by atoms with Gasteiger partial charge in [0.1, 0.15) is 0 Å². The minimum atomic E-state index is -2.01. The maximum atomic E-state index is 10.0. The molecule has 0 aliphatic rings. The lowest BCUT2D eigenvalue weighted by Gasteiger charge is -2.27. The lowest BCUT2D eigenvalue weighted by atomic mass is 9.91. The van der Waals surface area contributed by atoms with Gasteiger partial charge in [-0.05, 0) is 12.8 Å². The van der Waals surface area contributed by atoms with Gasteiger partial charge in [-0.15, -0.1) is 0 Å². The highest BCUT2D eigenvalue weighted by Gasteiger charge is 2.28. The van der Waals surface area contributed by atoms with Crippen molar-refractivity contribution in [3.05, 3.63) is 0 Å². The van der Waals surface area contributed by atoms with Crippen LogP contribution in [0.3, 0.4) is 0 Å². The Morgan fingerprint density at radius 2 is 0.568 bits per heavy atom. The molecule has 0 saturated carbocycles. The van der Waals surface area contributed by atoms with Crippen LogP contribution in [0.15, 0.2) is 0 Å². The van der Waals surface area contributed by atoms with Gasteiger partial charge in [-0.3, -0.25) is 5.73 Å². The zero-order chi connectivity index (χ0) is 27.3. The van der Waals surface area contributed by atoms with Crippen LogP contribution in [0.5, 0.6) is 0 Å². The van der Waals surface area contributed by atoms with E-state index in [4.69, 9.17) is 5.73 Å². The van der Waals surface area contributed by atoms with Gasteiger partial charge < -0.3 is 10.2 Å². The minimum Gasteiger partial charge on any atom is -0.353 e. The molecule has 0 atom stereocenters. The molecule has 0 saturated heterocycles. The lowest BCUT2D eigenvalue weighted by molar-refractivity contribution is -0.199. The number of nitrogens with two attached hydrogens (primary N) is 1. The summed E-state index contributed by atoms with van der Waals surface area (Å²) in [5, 5.41) is 20.0. The van der Waals surface area contributed by atoms with E-state index >= 15 is 0 Å². The molecule has 224 valence electrons. The Balaban J connectivity index is 3.52. The molecule has 3 heteroatoms. The van der Waals surface area contributed by atoms with Crippen LogP contribution in [-0.2, 0) is 0 Å². The molecule has 0 aliphatic heterocycles. The first-order valence-corrected chi connectivity index (χ1v) is 17.3. The van der Waals surface area contributed by atoms with Gasteiger partial charge in [0.15, 0.2) is 0 Å². The summed E-state index contributed by atoms with van der Waals surface area (Å²) in [7, 11) is 0. The molecule has 0 rings (SSSR count). The third-order valence-corrected chi connectivity index (χ3v) is 8.41. The first-order valence-electron chi connectivity index (χ1n) is 17.3. The molecular formula is C34H71NO2. The van der Waals surface area contributed by atoms with Crippen molar-refractivity contribution in [3.8, 4) is 0 Å². The van der Waals surface area contributed by atoms with Crippen molar-refractivity contribution in [1.29, 1.82) is 0 Å². The Morgan fingerprint density at radius 3 is 0.757 bits per heavy atom. The predicted molar refractivity (Wildman–Crippen MR) is 165 cm³/mol. The SMILES string of the molecule is CCCCCCCCCCCCCCCCC(CCCCCCCCCCCCCCCC)C(N)(O)O. The molecular weight excluding hydrogens is 454 g/mol. The molecule has 3 nitrogen and oxygen atoms in total. The maximum Gasteiger partial charge on any atom is 0.222 e. The molecule has 0 aliphatic carbocycles. The van der Waals surface area contributed by atoms with Gasteiger partial charge in [0, 0.05) is 5.92 Å². The van der Waals surface area contributed by atoms with Crippen molar-refractivity contribution in [2.45, 2.75) is 212 Å². The average molecular weight is 526 g/mol. The van der Waals surface area contributed by atoms with Crippen LogP contribution in [0.1, 0.15) is 206 Å². The third kappa shape index (κ3) is 28.7. The summed E-state index contributed by atoms with van der Waals surface area (Å²) >= 11 is 0. The van der Waals surface area contributed by atoms with Crippen LogP contribution in [0.2, 0.25) is 0 Å². The van der Waals surface area contributed by atoms with E-state index in [1.165, 1.54) is 167 Å². The van der Waals surface area contributed by atoms with Crippen molar-refractivity contribution < 1.29 is 10.2 Å². The summed E-state index contributed by atoms with van der Waals surface area (Å²) in [5.74, 6) is -2.19. The summed E-state index contributed by atoms with van der Waals surface area (Å²) in [4.78, 5) is 0. The second-order valence-electron chi connectivity index (χ2n) is 12.2. The van der Waals surface area contributed by atoms with Gasteiger partial charge in [-0.25, -0.2) is 0 Å². The number of aliphatic hydroxyl groups is 2. The maximum absolute atomic E-state index is 10.0. The van der Waals surface area contributed by atoms with Crippen LogP contribution in [0, 0.1) is 5.92 Å². The van der Waals surface area contributed by atoms with Gasteiger partial charge in [-0.1, -0.05) is 194 Å². The first-order chi connectivity index (χ1) is 18.0. The van der Waals surface area contributed by atoms with Crippen LogP contribution in [-0.4, -0.2) is 16.1 Å². The highest BCUT2D eigenvalue weighted by atomic mass is 16.5. The molecule has 0 aromatic heterocycles. The standard InChI is InChI=1S/C34H71NO2/c1-3-5-7-9-11-13-15-17-19-21-23-25-27-29-31-33(34(35,36)37)32-30-28-26-24-22-20-18-16-14-12-10-8-6-4-2/h33,36-37H,3-32,35H2,1-2H3.